The summed E-state index contributed by atoms with van der Waals surface area (Å²) in [7, 11) is 0. The van der Waals surface area contributed by atoms with Crippen molar-refractivity contribution >= 4 is 11.6 Å². The standard InChI is InChI=1S/C14H15N3O2/c1-8-4-3-5-12(9(8)2)19-13-6-10(14(16)18)11(15)7-17-13/h3-7H,15H2,1-2H3,(H2,16,18). The first kappa shape index (κ1) is 12.9. The first-order valence-electron chi connectivity index (χ1n) is 5.78. The minimum absolute atomic E-state index is 0.204. The summed E-state index contributed by atoms with van der Waals surface area (Å²) in [4.78, 5) is 15.2. The Hall–Kier alpha value is -2.56. The van der Waals surface area contributed by atoms with Gasteiger partial charge in [-0.25, -0.2) is 4.98 Å². The summed E-state index contributed by atoms with van der Waals surface area (Å²) in [6.45, 7) is 3.95. The number of ether oxygens (including phenoxy) is 1. The molecule has 19 heavy (non-hydrogen) atoms. The van der Waals surface area contributed by atoms with Crippen molar-refractivity contribution in [1.82, 2.24) is 4.98 Å². The molecule has 0 unspecified atom stereocenters. The molecule has 0 aliphatic heterocycles. The monoisotopic (exact) mass is 257 g/mol. The Bertz CT molecular complexity index is 639. The van der Waals surface area contributed by atoms with Crippen LogP contribution in [0.1, 0.15) is 21.5 Å². The second-order valence-corrected chi connectivity index (χ2v) is 4.27. The van der Waals surface area contributed by atoms with Crippen molar-refractivity contribution in [3.63, 3.8) is 0 Å². The van der Waals surface area contributed by atoms with Crippen LogP contribution in [0, 0.1) is 13.8 Å². The Morgan fingerprint density at radius 3 is 2.74 bits per heavy atom. The van der Waals surface area contributed by atoms with Crippen molar-refractivity contribution in [2.75, 3.05) is 5.73 Å². The fourth-order valence-electron chi connectivity index (χ4n) is 1.66. The van der Waals surface area contributed by atoms with Gasteiger partial charge in [0.25, 0.3) is 5.91 Å². The van der Waals surface area contributed by atoms with E-state index in [-0.39, 0.29) is 17.1 Å². The maximum Gasteiger partial charge on any atom is 0.251 e. The Morgan fingerprint density at radius 2 is 2.05 bits per heavy atom. The van der Waals surface area contributed by atoms with Gasteiger partial charge in [-0.3, -0.25) is 4.79 Å². The van der Waals surface area contributed by atoms with E-state index in [1.807, 2.05) is 32.0 Å². The SMILES string of the molecule is Cc1cccc(Oc2cc(C(N)=O)c(N)cn2)c1C. The smallest absolute Gasteiger partial charge is 0.251 e. The van der Waals surface area contributed by atoms with Crippen molar-refractivity contribution in [2.45, 2.75) is 13.8 Å². The molecule has 5 nitrogen and oxygen atoms in total. The molecule has 5 heteroatoms. The highest BCUT2D eigenvalue weighted by Crippen LogP contribution is 2.26. The third kappa shape index (κ3) is 2.65. The van der Waals surface area contributed by atoms with Gasteiger partial charge < -0.3 is 16.2 Å². The molecule has 1 amide bonds. The van der Waals surface area contributed by atoms with E-state index in [4.69, 9.17) is 16.2 Å². The van der Waals surface area contributed by atoms with E-state index in [1.54, 1.807) is 0 Å². The lowest BCUT2D eigenvalue weighted by Crippen LogP contribution is -2.14. The van der Waals surface area contributed by atoms with Crippen molar-refractivity contribution < 1.29 is 9.53 Å². The summed E-state index contributed by atoms with van der Waals surface area (Å²) in [6, 6.07) is 7.17. The van der Waals surface area contributed by atoms with Gasteiger partial charge in [0, 0.05) is 6.07 Å². The molecule has 2 rings (SSSR count). The topological polar surface area (TPSA) is 91.2 Å². The number of aryl methyl sites for hydroxylation is 1. The number of hydrogen-bond acceptors (Lipinski definition) is 4. The van der Waals surface area contributed by atoms with Crippen LogP contribution in [-0.2, 0) is 0 Å². The summed E-state index contributed by atoms with van der Waals surface area (Å²) in [5.74, 6) is 0.370. The molecule has 0 aliphatic rings. The van der Waals surface area contributed by atoms with Crippen LogP contribution in [0.25, 0.3) is 0 Å². The average molecular weight is 257 g/mol. The van der Waals surface area contributed by atoms with Gasteiger partial charge in [-0.05, 0) is 31.0 Å². The number of carbonyl (C=O) groups excluding carboxylic acids is 1. The predicted molar refractivity (Wildman–Crippen MR) is 73.2 cm³/mol. The first-order valence-corrected chi connectivity index (χ1v) is 5.78. The number of primary amides is 1. The number of nitrogens with two attached hydrogens (primary N) is 2. The number of benzene rings is 1. The quantitative estimate of drug-likeness (QED) is 0.881. The molecule has 98 valence electrons. The van der Waals surface area contributed by atoms with Gasteiger partial charge in [0.05, 0.1) is 17.4 Å². The lowest BCUT2D eigenvalue weighted by atomic mass is 10.1. The second-order valence-electron chi connectivity index (χ2n) is 4.27. The number of amides is 1. The van der Waals surface area contributed by atoms with Crippen LogP contribution in [-0.4, -0.2) is 10.9 Å². The van der Waals surface area contributed by atoms with Gasteiger partial charge in [0.1, 0.15) is 5.75 Å². The molecule has 0 saturated carbocycles. The molecular formula is C14H15N3O2. The summed E-state index contributed by atoms with van der Waals surface area (Å²) in [5, 5.41) is 0. The van der Waals surface area contributed by atoms with Crippen LogP contribution in [0.2, 0.25) is 0 Å². The molecular weight excluding hydrogens is 242 g/mol. The zero-order valence-corrected chi connectivity index (χ0v) is 10.8. The molecule has 0 atom stereocenters. The fourth-order valence-corrected chi connectivity index (χ4v) is 1.66. The summed E-state index contributed by atoms with van der Waals surface area (Å²) in [5.41, 5.74) is 13.4. The Kier molecular flexibility index (Phi) is 3.37. The summed E-state index contributed by atoms with van der Waals surface area (Å²) >= 11 is 0. The van der Waals surface area contributed by atoms with Crippen molar-refractivity contribution in [3.05, 3.63) is 47.2 Å². The molecule has 1 heterocycles. The third-order valence-electron chi connectivity index (χ3n) is 2.94. The second kappa shape index (κ2) is 4.97. The van der Waals surface area contributed by atoms with E-state index >= 15 is 0 Å². The predicted octanol–water partition coefficient (Wildman–Crippen LogP) is 2.17. The van der Waals surface area contributed by atoms with Gasteiger partial charge in [-0.15, -0.1) is 0 Å². The van der Waals surface area contributed by atoms with E-state index in [0.717, 1.165) is 11.1 Å². The normalized spacial score (nSPS) is 10.2. The number of rotatable bonds is 3. The zero-order valence-electron chi connectivity index (χ0n) is 10.8. The van der Waals surface area contributed by atoms with E-state index in [9.17, 15) is 4.79 Å². The highest BCUT2D eigenvalue weighted by atomic mass is 16.5. The minimum Gasteiger partial charge on any atom is -0.439 e. The highest BCUT2D eigenvalue weighted by molar-refractivity contribution is 5.98. The van der Waals surface area contributed by atoms with Crippen LogP contribution in [0.3, 0.4) is 0 Å². The number of nitrogens with zero attached hydrogens (tertiary/aromatic N) is 1. The molecule has 0 fully saturated rings. The number of carbonyl (C=O) groups is 1. The van der Waals surface area contributed by atoms with E-state index in [0.29, 0.717) is 5.75 Å². The molecule has 0 spiro atoms. The lowest BCUT2D eigenvalue weighted by Gasteiger charge is -2.10. The van der Waals surface area contributed by atoms with Crippen LogP contribution < -0.4 is 16.2 Å². The van der Waals surface area contributed by atoms with E-state index in [2.05, 4.69) is 4.98 Å². The Balaban J connectivity index is 2.36. The van der Waals surface area contributed by atoms with Gasteiger partial charge >= 0.3 is 0 Å². The fraction of sp³-hybridized carbons (Fsp3) is 0.143. The van der Waals surface area contributed by atoms with Crippen LogP contribution >= 0.6 is 0 Å². The molecule has 1 aromatic heterocycles. The first-order chi connectivity index (χ1) is 8.99. The van der Waals surface area contributed by atoms with Gasteiger partial charge in [-0.2, -0.15) is 0 Å². The number of hydrogen-bond donors (Lipinski definition) is 2. The largest absolute Gasteiger partial charge is 0.439 e. The van der Waals surface area contributed by atoms with Gasteiger partial charge in [0.2, 0.25) is 5.88 Å². The number of nitrogen functional groups attached to an aromatic ring is 1. The zero-order chi connectivity index (χ0) is 14.0. The third-order valence-corrected chi connectivity index (χ3v) is 2.94. The number of pyridine rings is 1. The molecule has 2 aromatic rings. The van der Waals surface area contributed by atoms with Crippen molar-refractivity contribution in [3.8, 4) is 11.6 Å². The Labute approximate surface area is 111 Å². The van der Waals surface area contributed by atoms with E-state index < -0.39 is 5.91 Å². The number of anilines is 1. The molecule has 0 saturated heterocycles. The average Bonchev–Trinajstić information content (AvgIpc) is 2.37. The van der Waals surface area contributed by atoms with Crippen LogP contribution in [0.4, 0.5) is 5.69 Å². The van der Waals surface area contributed by atoms with Crippen molar-refractivity contribution in [1.29, 1.82) is 0 Å². The van der Waals surface area contributed by atoms with Crippen LogP contribution in [0.15, 0.2) is 30.5 Å². The minimum atomic E-state index is -0.606. The highest BCUT2D eigenvalue weighted by Gasteiger charge is 2.10. The molecule has 0 radical (unpaired) electrons. The molecule has 1 aromatic carbocycles. The van der Waals surface area contributed by atoms with Crippen molar-refractivity contribution in [2.24, 2.45) is 5.73 Å². The summed E-state index contributed by atoms with van der Waals surface area (Å²) in [6.07, 6.45) is 1.36. The maximum absolute atomic E-state index is 11.2. The maximum atomic E-state index is 11.2. The molecule has 4 N–H and O–H groups in total. The van der Waals surface area contributed by atoms with Gasteiger partial charge in [0.15, 0.2) is 0 Å². The summed E-state index contributed by atoms with van der Waals surface area (Å²) < 4.78 is 5.66. The van der Waals surface area contributed by atoms with E-state index in [1.165, 1.54) is 12.3 Å². The molecule has 0 aliphatic carbocycles. The Morgan fingerprint density at radius 1 is 1.32 bits per heavy atom. The number of aromatic nitrogens is 1. The lowest BCUT2D eigenvalue weighted by molar-refractivity contribution is 0.100. The molecule has 0 bridgehead atoms. The van der Waals surface area contributed by atoms with Gasteiger partial charge in [-0.1, -0.05) is 12.1 Å². The van der Waals surface area contributed by atoms with Crippen LogP contribution in [0.5, 0.6) is 11.6 Å².